The molecule has 0 aliphatic carbocycles. The van der Waals surface area contributed by atoms with Crippen LogP contribution >= 0.6 is 0 Å². The van der Waals surface area contributed by atoms with Crippen LogP contribution in [-0.2, 0) is 20.8 Å². The Bertz CT molecular complexity index is 271. The summed E-state index contributed by atoms with van der Waals surface area (Å²) in [6, 6.07) is 0. The van der Waals surface area contributed by atoms with E-state index in [9.17, 15) is 3.08 Å². The predicted molar refractivity (Wildman–Crippen MR) is 117 cm³/mol. The molecule has 0 unspecified atom stereocenters. The van der Waals surface area contributed by atoms with Gasteiger partial charge in [0, 0.05) is 26.4 Å². The summed E-state index contributed by atoms with van der Waals surface area (Å²) in [7, 11) is -2.88. The van der Waals surface area contributed by atoms with E-state index < -0.39 is 28.8 Å². The Kier molecular flexibility index (Phi) is 25.4. The third-order valence-corrected chi connectivity index (χ3v) is 11.0. The molecule has 0 aromatic carbocycles. The average Bonchev–Trinajstić information content (AvgIpc) is 2.70. The van der Waals surface area contributed by atoms with E-state index in [1.54, 1.807) is 0 Å². The number of hydrogen-bond donors (Lipinski definition) is 0. The maximum atomic E-state index is 11.2. The fourth-order valence-corrected chi connectivity index (χ4v) is 9.33. The molecular weight excluding hydrogens is 467 g/mol. The van der Waals surface area contributed by atoms with Crippen LogP contribution < -0.4 is 0 Å². The van der Waals surface area contributed by atoms with Crippen molar-refractivity contribution < 1.29 is 20.8 Å². The topological polar surface area (TPSA) is 54.0 Å². The molecule has 0 bridgehead atoms. The minimum absolute atomic E-state index is 0.628. The van der Waals surface area contributed by atoms with Crippen molar-refractivity contribution in [1.29, 1.82) is 0 Å². The zero-order valence-corrected chi connectivity index (χ0v) is 22.8. The summed E-state index contributed by atoms with van der Waals surface area (Å²) in [5.41, 5.74) is 0. The molecule has 7 heteroatoms. The van der Waals surface area contributed by atoms with Crippen LogP contribution in [0, 0.1) is 0 Å². The first-order valence-electron chi connectivity index (χ1n) is 11.1. The Morgan fingerprint density at radius 2 is 0.852 bits per heavy atom. The van der Waals surface area contributed by atoms with Crippen LogP contribution in [0.25, 0.3) is 0 Å². The minimum atomic E-state index is -2.88. The Balaban J connectivity index is 0. The van der Waals surface area contributed by atoms with Gasteiger partial charge >= 0.3 is 80.3 Å². The summed E-state index contributed by atoms with van der Waals surface area (Å²) in [4.78, 5) is 0. The van der Waals surface area contributed by atoms with Gasteiger partial charge in [0.2, 0.25) is 0 Å². The van der Waals surface area contributed by atoms with Crippen molar-refractivity contribution in [2.24, 2.45) is 0 Å². The molecule has 0 saturated heterocycles. The van der Waals surface area contributed by atoms with Gasteiger partial charge in [-0.25, -0.2) is 0 Å². The van der Waals surface area contributed by atoms with E-state index in [-0.39, 0.29) is 0 Å². The third-order valence-electron chi connectivity index (χ3n) is 3.55. The molecule has 164 valence electrons. The van der Waals surface area contributed by atoms with Crippen molar-refractivity contribution in [3.05, 3.63) is 0 Å². The van der Waals surface area contributed by atoms with Gasteiger partial charge in [0.25, 0.3) is 0 Å². The zero-order valence-electron chi connectivity index (χ0n) is 18.9. The van der Waals surface area contributed by atoms with E-state index in [4.69, 9.17) is 17.7 Å². The average molecular weight is 513 g/mol. The van der Waals surface area contributed by atoms with Crippen molar-refractivity contribution in [1.82, 2.24) is 0 Å². The van der Waals surface area contributed by atoms with Gasteiger partial charge in [-0.3, -0.25) is 0 Å². The second kappa shape index (κ2) is 22.9. The van der Waals surface area contributed by atoms with Gasteiger partial charge in [0.05, 0.1) is 0 Å². The number of hydrogen-bond acceptors (Lipinski definition) is 5. The SMILES string of the molecule is CCCO[Si](OCCC)(OCCC)OCCC.CCC[CH2][Sn](=[O])[CH2]CCC. The molecule has 0 spiro atoms. The quantitative estimate of drug-likeness (QED) is 0.206. The van der Waals surface area contributed by atoms with Crippen LogP contribution in [0.15, 0.2) is 0 Å². The van der Waals surface area contributed by atoms with E-state index in [0.717, 1.165) is 34.6 Å². The van der Waals surface area contributed by atoms with Gasteiger partial charge in [-0.2, -0.15) is 0 Å². The van der Waals surface area contributed by atoms with Gasteiger partial charge in [-0.15, -0.1) is 0 Å². The Morgan fingerprint density at radius 1 is 0.556 bits per heavy atom. The van der Waals surface area contributed by atoms with E-state index in [1.165, 1.54) is 25.7 Å². The van der Waals surface area contributed by atoms with Crippen molar-refractivity contribution in [2.45, 2.75) is 102 Å². The standard InChI is InChI=1S/C12H28O4Si.2C4H9.O.Sn/c1-5-9-13-17(14-10-6-2,15-11-7-3)16-12-8-4;2*1-3-4-2;;/h5-12H2,1-4H3;2*1,3-4H2,2H3;;. The first-order valence-corrected chi connectivity index (χ1v) is 18.0. The predicted octanol–water partition coefficient (Wildman–Crippen LogP) is 6.14. The summed E-state index contributed by atoms with van der Waals surface area (Å²) < 4.78 is 36.4. The van der Waals surface area contributed by atoms with Crippen LogP contribution in [0.5, 0.6) is 0 Å². The van der Waals surface area contributed by atoms with Gasteiger partial charge in [-0.05, 0) is 25.7 Å². The maximum absolute atomic E-state index is 11.2. The summed E-state index contributed by atoms with van der Waals surface area (Å²) in [6.45, 7) is 15.1. The first kappa shape index (κ1) is 29.9. The Hall–Kier alpha value is 0.656. The summed E-state index contributed by atoms with van der Waals surface area (Å²) in [5.74, 6) is 0. The molecule has 0 aliphatic heterocycles. The molecule has 0 saturated carbocycles. The Labute approximate surface area is 177 Å². The molecule has 0 aliphatic rings. The molecule has 0 aromatic heterocycles. The monoisotopic (exact) mass is 514 g/mol. The van der Waals surface area contributed by atoms with E-state index >= 15 is 0 Å². The van der Waals surface area contributed by atoms with Crippen molar-refractivity contribution in [3.63, 3.8) is 0 Å². The van der Waals surface area contributed by atoms with Crippen LogP contribution in [0.2, 0.25) is 8.87 Å². The molecule has 0 radical (unpaired) electrons. The number of unbranched alkanes of at least 4 members (excludes halogenated alkanes) is 2. The normalized spacial score (nSPS) is 11.2. The van der Waals surface area contributed by atoms with Crippen LogP contribution in [0.4, 0.5) is 0 Å². The second-order valence-electron chi connectivity index (χ2n) is 6.64. The van der Waals surface area contributed by atoms with Gasteiger partial charge in [0.1, 0.15) is 0 Å². The van der Waals surface area contributed by atoms with Crippen molar-refractivity contribution in [2.75, 3.05) is 26.4 Å². The van der Waals surface area contributed by atoms with E-state index in [2.05, 4.69) is 41.5 Å². The second-order valence-corrected chi connectivity index (χ2v) is 14.7. The third kappa shape index (κ3) is 19.7. The molecule has 5 nitrogen and oxygen atoms in total. The molecule has 0 fully saturated rings. The fraction of sp³-hybridized carbons (Fsp3) is 1.00. The molecule has 27 heavy (non-hydrogen) atoms. The summed E-state index contributed by atoms with van der Waals surface area (Å²) in [5, 5.41) is 0. The van der Waals surface area contributed by atoms with Gasteiger partial charge in [0.15, 0.2) is 0 Å². The van der Waals surface area contributed by atoms with Crippen LogP contribution in [0.3, 0.4) is 0 Å². The molecule has 0 atom stereocenters. The first-order chi connectivity index (χ1) is 13.1. The van der Waals surface area contributed by atoms with Crippen LogP contribution in [0.1, 0.15) is 92.9 Å². The molecular formula is C20H46O5SiSn. The molecule has 0 heterocycles. The van der Waals surface area contributed by atoms with E-state index in [0.29, 0.717) is 26.4 Å². The zero-order chi connectivity index (χ0) is 20.8. The molecule has 0 aromatic rings. The molecule has 0 rings (SSSR count). The molecule has 0 amide bonds. The number of rotatable bonds is 18. The van der Waals surface area contributed by atoms with Crippen molar-refractivity contribution >= 4 is 28.8 Å². The van der Waals surface area contributed by atoms with E-state index in [1.807, 2.05) is 0 Å². The van der Waals surface area contributed by atoms with Crippen LogP contribution in [-0.4, -0.2) is 55.2 Å². The van der Waals surface area contributed by atoms with Crippen molar-refractivity contribution in [3.8, 4) is 0 Å². The fourth-order valence-electron chi connectivity index (χ4n) is 2.03. The summed E-state index contributed by atoms with van der Waals surface area (Å²) in [6.07, 6.45) is 8.57. The summed E-state index contributed by atoms with van der Waals surface area (Å²) >= 11 is -1.99. The van der Waals surface area contributed by atoms with Gasteiger partial charge in [-0.1, -0.05) is 27.7 Å². The Morgan fingerprint density at radius 3 is 1.07 bits per heavy atom. The van der Waals surface area contributed by atoms with Gasteiger partial charge < -0.3 is 17.7 Å². The molecule has 0 N–H and O–H groups in total.